The summed E-state index contributed by atoms with van der Waals surface area (Å²) in [7, 11) is 1.38. The smallest absolute Gasteiger partial charge is 0.434 e. The lowest BCUT2D eigenvalue weighted by Gasteiger charge is -2.14. The molecule has 3 aromatic heterocycles. The van der Waals surface area contributed by atoms with Crippen molar-refractivity contribution in [3.8, 4) is 16.9 Å². The number of aryl methyl sites for hydroxylation is 1. The lowest BCUT2D eigenvalue weighted by Crippen LogP contribution is -2.24. The van der Waals surface area contributed by atoms with Crippen LogP contribution in [0.5, 0.6) is 5.75 Å². The molecule has 0 radical (unpaired) electrons. The van der Waals surface area contributed by atoms with Crippen LogP contribution >= 0.6 is 0 Å². The maximum atomic E-state index is 13.6. The van der Waals surface area contributed by atoms with E-state index in [-0.39, 0.29) is 11.2 Å². The Morgan fingerprint density at radius 3 is 2.58 bits per heavy atom. The van der Waals surface area contributed by atoms with Gasteiger partial charge in [0.25, 0.3) is 5.56 Å². The summed E-state index contributed by atoms with van der Waals surface area (Å²) in [6.07, 6.45) is -0.585. The minimum absolute atomic E-state index is 0.0832. The number of nitrogens with zero attached hydrogens (tertiary/aromatic N) is 3. The molecule has 0 saturated carbocycles. The minimum atomic E-state index is -4.78. The van der Waals surface area contributed by atoms with Crippen LogP contribution in [0.2, 0.25) is 0 Å². The fourth-order valence-corrected chi connectivity index (χ4v) is 2.69. The van der Waals surface area contributed by atoms with E-state index in [9.17, 15) is 18.0 Å². The molecule has 0 fully saturated rings. The van der Waals surface area contributed by atoms with Crippen molar-refractivity contribution in [2.45, 2.75) is 25.9 Å². The van der Waals surface area contributed by atoms with Gasteiger partial charge in [-0.25, -0.2) is 4.98 Å². The third-order valence-electron chi connectivity index (χ3n) is 3.93. The zero-order valence-corrected chi connectivity index (χ0v) is 14.2. The molecule has 0 aliphatic heterocycles. The lowest BCUT2D eigenvalue weighted by atomic mass is 10.1. The van der Waals surface area contributed by atoms with Crippen molar-refractivity contribution in [1.82, 2.24) is 14.4 Å². The molecule has 0 aliphatic carbocycles. The highest BCUT2D eigenvalue weighted by molar-refractivity contribution is 5.67. The molecule has 0 amide bonds. The monoisotopic (exact) mass is 363 g/mol. The number of ether oxygens (including phenoxy) is 1. The summed E-state index contributed by atoms with van der Waals surface area (Å²) < 4.78 is 46.7. The van der Waals surface area contributed by atoms with Crippen LogP contribution < -0.4 is 10.3 Å². The molecule has 3 heterocycles. The number of aromatic nitrogens is 3. The van der Waals surface area contributed by atoms with Gasteiger partial charge in [-0.3, -0.25) is 14.2 Å². The average Bonchev–Trinajstić information content (AvgIpc) is 2.61. The van der Waals surface area contributed by atoms with E-state index in [2.05, 4.69) is 9.97 Å². The second-order valence-corrected chi connectivity index (χ2v) is 5.72. The van der Waals surface area contributed by atoms with Crippen molar-refractivity contribution in [3.63, 3.8) is 0 Å². The number of pyridine rings is 2. The summed E-state index contributed by atoms with van der Waals surface area (Å²) in [6, 6.07) is 5.86. The van der Waals surface area contributed by atoms with Crippen LogP contribution in [-0.4, -0.2) is 21.5 Å². The molecule has 3 rings (SSSR count). The first-order valence-electron chi connectivity index (χ1n) is 7.98. The first kappa shape index (κ1) is 17.9. The third kappa shape index (κ3) is 3.26. The van der Waals surface area contributed by atoms with Crippen molar-refractivity contribution >= 4 is 5.65 Å². The first-order valence-corrected chi connectivity index (χ1v) is 7.98. The normalized spacial score (nSPS) is 11.7. The summed E-state index contributed by atoms with van der Waals surface area (Å²) >= 11 is 0. The fraction of sp³-hybridized carbons (Fsp3) is 0.278. The Labute approximate surface area is 147 Å². The number of halogens is 3. The Hall–Kier alpha value is -2.90. The van der Waals surface area contributed by atoms with Crippen LogP contribution in [0.15, 0.2) is 41.5 Å². The quantitative estimate of drug-likeness (QED) is 0.709. The third-order valence-corrected chi connectivity index (χ3v) is 3.93. The van der Waals surface area contributed by atoms with E-state index >= 15 is 0 Å². The van der Waals surface area contributed by atoms with E-state index < -0.39 is 23.0 Å². The molecule has 5 nitrogen and oxygen atoms in total. The van der Waals surface area contributed by atoms with Crippen LogP contribution in [0.25, 0.3) is 16.8 Å². The molecule has 0 aromatic carbocycles. The van der Waals surface area contributed by atoms with Gasteiger partial charge in [-0.15, -0.1) is 0 Å². The maximum absolute atomic E-state index is 13.6. The van der Waals surface area contributed by atoms with Crippen molar-refractivity contribution in [2.24, 2.45) is 0 Å². The van der Waals surface area contributed by atoms with Gasteiger partial charge in [0.05, 0.1) is 12.7 Å². The number of rotatable bonds is 4. The molecule has 0 atom stereocenters. The summed E-state index contributed by atoms with van der Waals surface area (Å²) in [5.41, 5.74) is -1.86. The van der Waals surface area contributed by atoms with Gasteiger partial charge in [0.1, 0.15) is 11.4 Å². The van der Waals surface area contributed by atoms with Gasteiger partial charge in [-0.05, 0) is 18.6 Å². The van der Waals surface area contributed by atoms with E-state index in [0.717, 1.165) is 16.5 Å². The highest BCUT2D eigenvalue weighted by atomic mass is 19.4. The Morgan fingerprint density at radius 2 is 2.00 bits per heavy atom. The molecular formula is C18H16F3N3O2. The predicted molar refractivity (Wildman–Crippen MR) is 90.2 cm³/mol. The second kappa shape index (κ2) is 6.78. The molecule has 136 valence electrons. The van der Waals surface area contributed by atoms with Crippen molar-refractivity contribution in [3.05, 3.63) is 58.4 Å². The van der Waals surface area contributed by atoms with E-state index in [1.807, 2.05) is 6.92 Å². The summed E-state index contributed by atoms with van der Waals surface area (Å²) in [5.74, 6) is 0.309. The predicted octanol–water partition coefficient (Wildman–Crippen LogP) is 3.74. The summed E-state index contributed by atoms with van der Waals surface area (Å²) in [6.45, 7) is 1.98. The maximum Gasteiger partial charge on any atom is 0.434 e. The van der Waals surface area contributed by atoms with Crippen LogP contribution in [0.4, 0.5) is 13.2 Å². The minimum Gasteiger partial charge on any atom is -0.497 e. The van der Waals surface area contributed by atoms with Gasteiger partial charge >= 0.3 is 6.18 Å². The molecule has 8 heteroatoms. The molecule has 0 aliphatic rings. The van der Waals surface area contributed by atoms with Gasteiger partial charge in [0, 0.05) is 29.7 Å². The van der Waals surface area contributed by atoms with Crippen LogP contribution in [0.1, 0.15) is 24.7 Å². The highest BCUT2D eigenvalue weighted by Crippen LogP contribution is 2.34. The number of methoxy groups -OCH3 is 1. The van der Waals surface area contributed by atoms with Crippen LogP contribution in [-0.2, 0) is 12.6 Å². The highest BCUT2D eigenvalue weighted by Gasteiger charge is 2.38. The zero-order valence-electron chi connectivity index (χ0n) is 14.2. The molecular weight excluding hydrogens is 347 g/mol. The van der Waals surface area contributed by atoms with Gasteiger partial charge in [0.2, 0.25) is 0 Å². The Balaban J connectivity index is 2.29. The van der Waals surface area contributed by atoms with Crippen molar-refractivity contribution < 1.29 is 17.9 Å². The number of alkyl halides is 3. The topological polar surface area (TPSA) is 56.5 Å². The second-order valence-electron chi connectivity index (χ2n) is 5.72. The number of fused-ring (bicyclic) bond motifs is 1. The molecule has 0 N–H and O–H groups in total. The van der Waals surface area contributed by atoms with E-state index in [0.29, 0.717) is 12.2 Å². The van der Waals surface area contributed by atoms with E-state index in [1.54, 1.807) is 6.07 Å². The standard InChI is InChI=1S/C18H16F3N3O2/c1-3-4-12-6-5-11(10-22-12)15-16(18(19,20)21)23-14-9-13(26-2)7-8-24(14)17(15)25/h5-10H,3-4H2,1-2H3. The van der Waals surface area contributed by atoms with E-state index in [1.165, 1.54) is 37.7 Å². The van der Waals surface area contributed by atoms with Gasteiger partial charge in [-0.1, -0.05) is 19.4 Å². The van der Waals surface area contributed by atoms with Gasteiger partial charge in [-0.2, -0.15) is 13.2 Å². The number of hydrogen-bond donors (Lipinski definition) is 0. The number of hydrogen-bond acceptors (Lipinski definition) is 4. The molecule has 0 spiro atoms. The Morgan fingerprint density at radius 1 is 1.23 bits per heavy atom. The lowest BCUT2D eigenvalue weighted by molar-refractivity contribution is -0.140. The SMILES string of the molecule is CCCc1ccc(-c2c(C(F)(F)F)nc3cc(OC)ccn3c2=O)cn1. The molecule has 3 aromatic rings. The average molecular weight is 363 g/mol. The molecule has 26 heavy (non-hydrogen) atoms. The molecule has 0 unspecified atom stereocenters. The van der Waals surface area contributed by atoms with Crippen LogP contribution in [0, 0.1) is 0 Å². The first-order chi connectivity index (χ1) is 12.3. The summed E-state index contributed by atoms with van der Waals surface area (Å²) in [4.78, 5) is 20.6. The van der Waals surface area contributed by atoms with Crippen LogP contribution in [0.3, 0.4) is 0 Å². The molecule has 0 saturated heterocycles. The summed E-state index contributed by atoms with van der Waals surface area (Å²) in [5, 5.41) is 0. The Bertz CT molecular complexity index is 995. The van der Waals surface area contributed by atoms with Crippen molar-refractivity contribution in [1.29, 1.82) is 0 Å². The molecule has 0 bridgehead atoms. The largest absolute Gasteiger partial charge is 0.497 e. The fourth-order valence-electron chi connectivity index (χ4n) is 2.69. The van der Waals surface area contributed by atoms with Gasteiger partial charge < -0.3 is 4.74 Å². The van der Waals surface area contributed by atoms with Gasteiger partial charge in [0.15, 0.2) is 5.69 Å². The Kier molecular flexibility index (Phi) is 4.67. The van der Waals surface area contributed by atoms with E-state index in [4.69, 9.17) is 4.74 Å². The van der Waals surface area contributed by atoms with Crippen molar-refractivity contribution in [2.75, 3.05) is 7.11 Å². The zero-order chi connectivity index (χ0) is 18.9.